The van der Waals surface area contributed by atoms with Gasteiger partial charge in [-0.1, -0.05) is 36.4 Å². The Labute approximate surface area is 158 Å². The van der Waals surface area contributed by atoms with Gasteiger partial charge in [0.05, 0.1) is 0 Å². The monoisotopic (exact) mass is 370 g/mol. The fourth-order valence-corrected chi connectivity index (χ4v) is 4.04. The summed E-state index contributed by atoms with van der Waals surface area (Å²) in [6.45, 7) is 3.74. The zero-order valence-electron chi connectivity index (χ0n) is 15.2. The molecule has 5 heteroatoms. The lowest BCUT2D eigenvalue weighted by Crippen LogP contribution is -2.33. The number of fused-ring (bicyclic) bond motifs is 1. The molecular weight excluding hydrogens is 344 g/mol. The van der Waals surface area contributed by atoms with Crippen LogP contribution in [0.5, 0.6) is 0 Å². The highest BCUT2D eigenvalue weighted by Crippen LogP contribution is 2.18. The second kappa shape index (κ2) is 9.10. The number of rotatable bonds is 7. The number of carbonyl (C=O) groups is 1. The van der Waals surface area contributed by atoms with Crippen LogP contribution in [-0.4, -0.2) is 40.9 Å². The number of carbonyl (C=O) groups excluding carboxylic acids is 1. The van der Waals surface area contributed by atoms with Crippen molar-refractivity contribution in [2.75, 3.05) is 25.9 Å². The van der Waals surface area contributed by atoms with Gasteiger partial charge in [0.25, 0.3) is 5.91 Å². The first kappa shape index (κ1) is 18.8. The fraction of sp³-hybridized carbons (Fsp3) is 0.381. The molecule has 3 rings (SSSR count). The number of benzene rings is 2. The van der Waals surface area contributed by atoms with E-state index >= 15 is 0 Å². The molecule has 1 aliphatic rings. The van der Waals surface area contributed by atoms with Crippen LogP contribution in [0.25, 0.3) is 0 Å². The summed E-state index contributed by atoms with van der Waals surface area (Å²) in [6.07, 6.45) is 3.71. The van der Waals surface area contributed by atoms with Crippen molar-refractivity contribution >= 4 is 16.7 Å². The van der Waals surface area contributed by atoms with Gasteiger partial charge in [0.2, 0.25) is 0 Å². The summed E-state index contributed by atoms with van der Waals surface area (Å²) in [5.41, 5.74) is 4.46. The summed E-state index contributed by atoms with van der Waals surface area (Å²) in [7, 11) is -0.901. The Bertz CT molecular complexity index is 791. The van der Waals surface area contributed by atoms with Crippen LogP contribution >= 0.6 is 0 Å². The molecular formula is C21H26N2O2S. The van der Waals surface area contributed by atoms with E-state index in [0.717, 1.165) is 38.0 Å². The zero-order valence-corrected chi connectivity index (χ0v) is 16.1. The van der Waals surface area contributed by atoms with Crippen molar-refractivity contribution in [1.82, 2.24) is 10.2 Å². The Morgan fingerprint density at radius 1 is 1.15 bits per heavy atom. The molecule has 0 saturated carbocycles. The molecule has 4 nitrogen and oxygen atoms in total. The van der Waals surface area contributed by atoms with Crippen LogP contribution < -0.4 is 5.32 Å². The molecule has 1 N–H and O–H groups in total. The molecule has 0 aliphatic carbocycles. The second-order valence-electron chi connectivity index (χ2n) is 6.82. The van der Waals surface area contributed by atoms with E-state index in [4.69, 9.17) is 0 Å². The van der Waals surface area contributed by atoms with Crippen LogP contribution in [-0.2, 0) is 29.5 Å². The van der Waals surface area contributed by atoms with Crippen LogP contribution in [0.4, 0.5) is 0 Å². The molecule has 0 bridgehead atoms. The lowest BCUT2D eigenvalue weighted by atomic mass is 10.00. The normalized spacial score (nSPS) is 15.3. The maximum atomic E-state index is 12.3. The lowest BCUT2D eigenvalue weighted by Gasteiger charge is -2.28. The molecule has 26 heavy (non-hydrogen) atoms. The van der Waals surface area contributed by atoms with E-state index in [2.05, 4.69) is 34.5 Å². The summed E-state index contributed by atoms with van der Waals surface area (Å²) in [5.74, 6) is 0.426. The van der Waals surface area contributed by atoms with Crippen LogP contribution in [0.1, 0.15) is 33.5 Å². The van der Waals surface area contributed by atoms with E-state index in [-0.39, 0.29) is 5.91 Å². The summed E-state index contributed by atoms with van der Waals surface area (Å²) < 4.78 is 11.3. The highest BCUT2D eigenvalue weighted by Gasteiger charge is 2.15. The molecule has 138 valence electrons. The summed E-state index contributed by atoms with van der Waals surface area (Å²) in [6, 6.07) is 16.0. The highest BCUT2D eigenvalue weighted by atomic mass is 32.2. The van der Waals surface area contributed by atoms with Crippen molar-refractivity contribution in [2.24, 2.45) is 0 Å². The van der Waals surface area contributed by atoms with Crippen molar-refractivity contribution in [2.45, 2.75) is 25.1 Å². The first-order valence-corrected chi connectivity index (χ1v) is 10.8. The average Bonchev–Trinajstić information content (AvgIpc) is 2.64. The minimum Gasteiger partial charge on any atom is -0.352 e. The quantitative estimate of drug-likeness (QED) is 0.763. The van der Waals surface area contributed by atoms with Crippen molar-refractivity contribution in [1.29, 1.82) is 0 Å². The zero-order chi connectivity index (χ0) is 18.4. The van der Waals surface area contributed by atoms with Crippen molar-refractivity contribution in [3.63, 3.8) is 0 Å². The van der Waals surface area contributed by atoms with Gasteiger partial charge in [-0.15, -0.1) is 0 Å². The van der Waals surface area contributed by atoms with E-state index in [9.17, 15) is 9.00 Å². The predicted octanol–water partition coefficient (Wildman–Crippen LogP) is 2.74. The van der Waals surface area contributed by atoms with E-state index in [0.29, 0.717) is 17.9 Å². The van der Waals surface area contributed by atoms with Gasteiger partial charge in [0.15, 0.2) is 0 Å². The van der Waals surface area contributed by atoms with E-state index in [1.54, 1.807) is 12.3 Å². The largest absolute Gasteiger partial charge is 0.352 e. The third-order valence-corrected chi connectivity index (χ3v) is 5.45. The Morgan fingerprint density at radius 3 is 2.77 bits per heavy atom. The number of hydrogen-bond acceptors (Lipinski definition) is 3. The van der Waals surface area contributed by atoms with Crippen molar-refractivity contribution < 1.29 is 9.00 Å². The number of nitrogens with one attached hydrogen (secondary N) is 1. The standard InChI is InChI=1S/C21H26N2O2S/c1-26(25)16-17-6-4-9-19(14-17)21(24)22-11-5-12-23-13-10-18-7-2-3-8-20(18)15-23/h2-4,6-9,14H,5,10-13,15-16H2,1H3,(H,22,24)/t26-/m0/s1. The maximum absolute atomic E-state index is 12.3. The minimum absolute atomic E-state index is 0.0577. The highest BCUT2D eigenvalue weighted by molar-refractivity contribution is 7.83. The van der Waals surface area contributed by atoms with Crippen LogP contribution in [0.15, 0.2) is 48.5 Å². The van der Waals surface area contributed by atoms with Gasteiger partial charge in [0, 0.05) is 54.6 Å². The molecule has 0 spiro atoms. The molecule has 0 fully saturated rings. The fourth-order valence-electron chi connectivity index (χ4n) is 3.39. The molecule has 1 atom stereocenters. The van der Waals surface area contributed by atoms with Crippen LogP contribution in [0, 0.1) is 0 Å². The molecule has 0 aromatic heterocycles. The molecule has 2 aromatic carbocycles. The maximum Gasteiger partial charge on any atom is 0.251 e. The number of nitrogens with zero attached hydrogens (tertiary/aromatic N) is 1. The van der Waals surface area contributed by atoms with Crippen molar-refractivity contribution in [3.05, 3.63) is 70.8 Å². The number of hydrogen-bond donors (Lipinski definition) is 1. The first-order valence-electron chi connectivity index (χ1n) is 9.08. The smallest absolute Gasteiger partial charge is 0.251 e. The third-order valence-electron chi connectivity index (χ3n) is 4.71. The third kappa shape index (κ3) is 5.26. The van der Waals surface area contributed by atoms with Gasteiger partial charge in [-0.05, 0) is 41.7 Å². The summed E-state index contributed by atoms with van der Waals surface area (Å²) >= 11 is 0. The second-order valence-corrected chi connectivity index (χ2v) is 8.26. The van der Waals surface area contributed by atoms with Crippen LogP contribution in [0.3, 0.4) is 0 Å². The first-order chi connectivity index (χ1) is 12.6. The Balaban J connectivity index is 1.43. The summed E-state index contributed by atoms with van der Waals surface area (Å²) in [4.78, 5) is 14.7. The van der Waals surface area contributed by atoms with Gasteiger partial charge in [-0.3, -0.25) is 13.9 Å². The van der Waals surface area contributed by atoms with Gasteiger partial charge in [-0.2, -0.15) is 0 Å². The molecule has 0 unspecified atom stereocenters. The van der Waals surface area contributed by atoms with Gasteiger partial charge >= 0.3 is 0 Å². The van der Waals surface area contributed by atoms with Crippen molar-refractivity contribution in [3.8, 4) is 0 Å². The van der Waals surface area contributed by atoms with Crippen LogP contribution in [0.2, 0.25) is 0 Å². The van der Waals surface area contributed by atoms with Gasteiger partial charge < -0.3 is 5.32 Å². The molecule has 1 aliphatic heterocycles. The van der Waals surface area contributed by atoms with Gasteiger partial charge in [0.1, 0.15) is 0 Å². The molecule has 2 aromatic rings. The average molecular weight is 371 g/mol. The minimum atomic E-state index is -0.901. The van der Waals surface area contributed by atoms with Gasteiger partial charge in [-0.25, -0.2) is 0 Å². The SMILES string of the molecule is C[S@](=O)Cc1cccc(C(=O)NCCCN2CCc3ccccc3C2)c1. The van der Waals surface area contributed by atoms with E-state index in [1.807, 2.05) is 18.2 Å². The number of amides is 1. The molecule has 0 saturated heterocycles. The lowest BCUT2D eigenvalue weighted by molar-refractivity contribution is 0.0951. The topological polar surface area (TPSA) is 49.4 Å². The Hall–Kier alpha value is -1.98. The molecule has 1 amide bonds. The predicted molar refractivity (Wildman–Crippen MR) is 107 cm³/mol. The Kier molecular flexibility index (Phi) is 6.58. The molecule has 1 heterocycles. The molecule has 0 radical (unpaired) electrons. The van der Waals surface area contributed by atoms with E-state index < -0.39 is 10.8 Å². The summed E-state index contributed by atoms with van der Waals surface area (Å²) in [5, 5.41) is 3.00. The van der Waals surface area contributed by atoms with E-state index in [1.165, 1.54) is 11.1 Å². The Morgan fingerprint density at radius 2 is 1.96 bits per heavy atom.